The van der Waals surface area contributed by atoms with Crippen molar-refractivity contribution in [2.45, 2.75) is 20.4 Å². The summed E-state index contributed by atoms with van der Waals surface area (Å²) in [6, 6.07) is 11.7. The van der Waals surface area contributed by atoms with E-state index in [2.05, 4.69) is 47.4 Å². The lowest BCUT2D eigenvalue weighted by Crippen LogP contribution is -2.22. The number of nitrogens with zero attached hydrogens (tertiary/aromatic N) is 3. The van der Waals surface area contributed by atoms with E-state index in [4.69, 9.17) is 4.42 Å². The zero-order valence-corrected chi connectivity index (χ0v) is 14.6. The minimum atomic E-state index is -0.235. The van der Waals surface area contributed by atoms with Crippen LogP contribution in [0.4, 0.5) is 0 Å². The highest BCUT2D eigenvalue weighted by Crippen LogP contribution is 2.23. The summed E-state index contributed by atoms with van der Waals surface area (Å²) < 4.78 is 6.94. The zero-order chi connectivity index (χ0) is 18.1. The molecule has 4 aromatic rings. The lowest BCUT2D eigenvalue weighted by Gasteiger charge is -2.08. The number of hydrogen-bond acceptors (Lipinski definition) is 4. The first-order chi connectivity index (χ1) is 12.6. The van der Waals surface area contributed by atoms with E-state index >= 15 is 0 Å². The first-order valence-electron chi connectivity index (χ1n) is 8.34. The summed E-state index contributed by atoms with van der Waals surface area (Å²) in [6.07, 6.45) is 4.82. The van der Waals surface area contributed by atoms with Crippen LogP contribution in [0.3, 0.4) is 0 Å². The van der Waals surface area contributed by atoms with Crippen LogP contribution in [0.2, 0.25) is 0 Å². The van der Waals surface area contributed by atoms with Crippen molar-refractivity contribution in [2.24, 2.45) is 0 Å². The summed E-state index contributed by atoms with van der Waals surface area (Å²) in [5.41, 5.74) is 5.32. The van der Waals surface area contributed by atoms with E-state index in [9.17, 15) is 4.79 Å². The minimum absolute atomic E-state index is 0.235. The largest absolute Gasteiger partial charge is 0.467 e. The van der Waals surface area contributed by atoms with E-state index in [0.717, 1.165) is 11.3 Å². The summed E-state index contributed by atoms with van der Waals surface area (Å²) in [6.45, 7) is 4.48. The number of aromatic nitrogens is 3. The van der Waals surface area contributed by atoms with Crippen molar-refractivity contribution < 1.29 is 9.21 Å². The van der Waals surface area contributed by atoms with Crippen LogP contribution in [0.25, 0.3) is 16.9 Å². The number of furan rings is 1. The monoisotopic (exact) mass is 346 g/mol. The second-order valence-corrected chi connectivity index (χ2v) is 6.18. The number of carbonyl (C=O) groups excluding carboxylic acids is 1. The van der Waals surface area contributed by atoms with E-state index in [1.54, 1.807) is 29.2 Å². The highest BCUT2D eigenvalue weighted by Gasteiger charge is 2.16. The first-order valence-corrected chi connectivity index (χ1v) is 8.34. The fourth-order valence-corrected chi connectivity index (χ4v) is 2.85. The summed E-state index contributed by atoms with van der Waals surface area (Å²) >= 11 is 0. The topological polar surface area (TPSA) is 72.4 Å². The molecule has 0 atom stereocenters. The van der Waals surface area contributed by atoms with Gasteiger partial charge in [-0.2, -0.15) is 5.10 Å². The Kier molecular flexibility index (Phi) is 4.01. The molecule has 0 saturated heterocycles. The smallest absolute Gasteiger partial charge is 0.257 e. The molecule has 0 bridgehead atoms. The predicted octanol–water partition coefficient (Wildman–Crippen LogP) is 3.54. The molecule has 0 unspecified atom stereocenters. The third-order valence-corrected chi connectivity index (χ3v) is 4.45. The maximum Gasteiger partial charge on any atom is 0.257 e. The molecule has 0 aliphatic rings. The van der Waals surface area contributed by atoms with Crippen molar-refractivity contribution in [1.82, 2.24) is 19.9 Å². The normalized spacial score (nSPS) is 11.0. The Balaban J connectivity index is 1.68. The van der Waals surface area contributed by atoms with Gasteiger partial charge in [0.1, 0.15) is 11.3 Å². The Bertz CT molecular complexity index is 1080. The van der Waals surface area contributed by atoms with Gasteiger partial charge in [-0.05, 0) is 49.2 Å². The van der Waals surface area contributed by atoms with Crippen molar-refractivity contribution in [2.75, 3.05) is 0 Å². The second kappa shape index (κ2) is 6.48. The highest BCUT2D eigenvalue weighted by molar-refractivity contribution is 5.99. The van der Waals surface area contributed by atoms with E-state index < -0.39 is 0 Å². The third kappa shape index (κ3) is 2.86. The number of carbonyl (C=O) groups is 1. The molecule has 1 aromatic carbocycles. The van der Waals surface area contributed by atoms with Crippen molar-refractivity contribution in [1.29, 1.82) is 0 Å². The van der Waals surface area contributed by atoms with E-state index in [0.29, 0.717) is 23.5 Å². The SMILES string of the molecule is Cc1ccc(-c2ccnc3c(C(=O)NCc4ccco4)cnn23)cc1C. The van der Waals surface area contributed by atoms with Crippen molar-refractivity contribution >= 4 is 11.6 Å². The number of amides is 1. The minimum Gasteiger partial charge on any atom is -0.467 e. The van der Waals surface area contributed by atoms with Gasteiger partial charge in [0.05, 0.1) is 24.7 Å². The summed E-state index contributed by atoms with van der Waals surface area (Å²) in [7, 11) is 0. The average Bonchev–Trinajstić information content (AvgIpc) is 3.31. The molecule has 6 nitrogen and oxygen atoms in total. The van der Waals surface area contributed by atoms with Crippen molar-refractivity contribution in [3.05, 3.63) is 77.5 Å². The molecular formula is C20H18N4O2. The van der Waals surface area contributed by atoms with Crippen LogP contribution in [0, 0.1) is 13.8 Å². The molecule has 0 saturated carbocycles. The molecule has 130 valence electrons. The van der Waals surface area contributed by atoms with E-state index in [-0.39, 0.29) is 5.91 Å². The van der Waals surface area contributed by atoms with Gasteiger partial charge in [-0.1, -0.05) is 12.1 Å². The molecule has 6 heteroatoms. The van der Waals surface area contributed by atoms with E-state index in [1.807, 2.05) is 12.1 Å². The Morgan fingerprint density at radius 2 is 2.08 bits per heavy atom. The molecule has 0 aliphatic heterocycles. The maximum absolute atomic E-state index is 12.5. The zero-order valence-electron chi connectivity index (χ0n) is 14.6. The predicted molar refractivity (Wildman–Crippen MR) is 97.8 cm³/mol. The van der Waals surface area contributed by atoms with Gasteiger partial charge in [0.2, 0.25) is 0 Å². The van der Waals surface area contributed by atoms with Gasteiger partial charge in [0.15, 0.2) is 5.65 Å². The van der Waals surface area contributed by atoms with Gasteiger partial charge in [-0.3, -0.25) is 4.79 Å². The summed E-state index contributed by atoms with van der Waals surface area (Å²) in [4.78, 5) is 16.9. The molecule has 0 radical (unpaired) electrons. The number of fused-ring (bicyclic) bond motifs is 1. The summed E-state index contributed by atoms with van der Waals surface area (Å²) in [5.74, 6) is 0.458. The van der Waals surface area contributed by atoms with Gasteiger partial charge in [0.25, 0.3) is 5.91 Å². The van der Waals surface area contributed by atoms with Gasteiger partial charge in [-0.15, -0.1) is 0 Å². The quantitative estimate of drug-likeness (QED) is 0.613. The molecule has 1 N–H and O–H groups in total. The Hall–Kier alpha value is -3.41. The lowest BCUT2D eigenvalue weighted by molar-refractivity contribution is 0.0949. The Labute approximate surface area is 150 Å². The first kappa shape index (κ1) is 16.1. The van der Waals surface area contributed by atoms with Crippen LogP contribution in [0.5, 0.6) is 0 Å². The number of rotatable bonds is 4. The summed E-state index contributed by atoms with van der Waals surface area (Å²) in [5, 5.41) is 7.21. The maximum atomic E-state index is 12.5. The number of benzene rings is 1. The molecule has 26 heavy (non-hydrogen) atoms. The van der Waals surface area contributed by atoms with Gasteiger partial charge >= 0.3 is 0 Å². The van der Waals surface area contributed by atoms with Gasteiger partial charge in [-0.25, -0.2) is 9.50 Å². The molecule has 3 heterocycles. The fraction of sp³-hybridized carbons (Fsp3) is 0.150. The standard InChI is InChI=1S/C20H18N4O2/c1-13-5-6-15(10-14(13)2)18-7-8-21-19-17(12-23-24(18)19)20(25)22-11-16-4-3-9-26-16/h3-10,12H,11H2,1-2H3,(H,22,25). The van der Waals surface area contributed by atoms with Crippen LogP contribution >= 0.6 is 0 Å². The van der Waals surface area contributed by atoms with Crippen LogP contribution in [-0.2, 0) is 6.54 Å². The molecule has 1 amide bonds. The molecule has 4 rings (SSSR count). The van der Waals surface area contributed by atoms with Crippen molar-refractivity contribution in [3.8, 4) is 11.3 Å². The number of hydrogen-bond donors (Lipinski definition) is 1. The van der Waals surface area contributed by atoms with Gasteiger partial charge in [0, 0.05) is 11.8 Å². The molecule has 0 fully saturated rings. The Morgan fingerprint density at radius 3 is 2.85 bits per heavy atom. The van der Waals surface area contributed by atoms with Crippen molar-refractivity contribution in [3.63, 3.8) is 0 Å². The molecule has 3 aromatic heterocycles. The van der Waals surface area contributed by atoms with Crippen LogP contribution in [0.15, 0.2) is 59.5 Å². The molecule has 0 aliphatic carbocycles. The lowest BCUT2D eigenvalue weighted by atomic mass is 10.0. The second-order valence-electron chi connectivity index (χ2n) is 6.18. The third-order valence-electron chi connectivity index (χ3n) is 4.45. The van der Waals surface area contributed by atoms with Crippen LogP contribution < -0.4 is 5.32 Å². The Morgan fingerprint density at radius 1 is 1.19 bits per heavy atom. The molecular weight excluding hydrogens is 328 g/mol. The fourth-order valence-electron chi connectivity index (χ4n) is 2.85. The molecule has 0 spiro atoms. The number of nitrogens with one attached hydrogen (secondary N) is 1. The number of aryl methyl sites for hydroxylation is 2. The van der Waals surface area contributed by atoms with Gasteiger partial charge < -0.3 is 9.73 Å². The van der Waals surface area contributed by atoms with Crippen LogP contribution in [0.1, 0.15) is 27.2 Å². The average molecular weight is 346 g/mol. The van der Waals surface area contributed by atoms with E-state index in [1.165, 1.54) is 11.1 Å². The van der Waals surface area contributed by atoms with Crippen LogP contribution in [-0.4, -0.2) is 20.5 Å². The highest BCUT2D eigenvalue weighted by atomic mass is 16.3.